The van der Waals surface area contributed by atoms with Gasteiger partial charge in [0, 0.05) is 18.2 Å². The van der Waals surface area contributed by atoms with Gasteiger partial charge in [-0.15, -0.1) is 0 Å². The van der Waals surface area contributed by atoms with Crippen molar-refractivity contribution >= 4 is 40.2 Å². The van der Waals surface area contributed by atoms with Gasteiger partial charge in [0.15, 0.2) is 17.7 Å². The lowest BCUT2D eigenvalue weighted by Crippen LogP contribution is -2.39. The lowest BCUT2D eigenvalue weighted by molar-refractivity contribution is -0.384. The minimum absolute atomic E-state index is 0.00784. The quantitative estimate of drug-likeness (QED) is 0.305. The summed E-state index contributed by atoms with van der Waals surface area (Å²) in [5.74, 6) is -0.486. The van der Waals surface area contributed by atoms with Gasteiger partial charge in [-0.2, -0.15) is 0 Å². The van der Waals surface area contributed by atoms with Crippen LogP contribution in [-0.2, 0) is 4.74 Å². The molecule has 0 saturated carbocycles. The highest BCUT2D eigenvalue weighted by Crippen LogP contribution is 2.32. The molecule has 1 saturated heterocycles. The van der Waals surface area contributed by atoms with Gasteiger partial charge in [-0.25, -0.2) is 15.0 Å². The van der Waals surface area contributed by atoms with E-state index in [0.29, 0.717) is 11.2 Å². The molecule has 1 aliphatic heterocycles. The molecule has 0 radical (unpaired) electrons. The Morgan fingerprint density at radius 3 is 2.84 bits per heavy atom. The number of rotatable bonds is 5. The molecule has 1 amide bonds. The van der Waals surface area contributed by atoms with Crippen LogP contribution in [0, 0.1) is 10.1 Å². The number of carbonyl (C=O) groups is 1. The van der Waals surface area contributed by atoms with E-state index >= 15 is 0 Å². The van der Waals surface area contributed by atoms with E-state index in [9.17, 15) is 25.1 Å². The number of ether oxygens (including phenoxy) is 1. The molecule has 162 valence electrons. The summed E-state index contributed by atoms with van der Waals surface area (Å²) in [6.07, 6.45) is -2.09. The monoisotopic (exact) mass is 449 g/mol. The Hall–Kier alpha value is -3.39. The Balaban J connectivity index is 1.48. The zero-order valence-electron chi connectivity index (χ0n) is 15.6. The molecule has 31 heavy (non-hydrogen) atoms. The van der Waals surface area contributed by atoms with Crippen molar-refractivity contribution in [3.05, 3.63) is 51.6 Å². The number of hydrogen-bond donors (Lipinski definition) is 4. The van der Waals surface area contributed by atoms with Crippen LogP contribution in [0.5, 0.6) is 0 Å². The van der Waals surface area contributed by atoms with E-state index < -0.39 is 41.1 Å². The van der Waals surface area contributed by atoms with Crippen molar-refractivity contribution in [1.82, 2.24) is 24.8 Å². The van der Waals surface area contributed by atoms with Crippen LogP contribution in [0.2, 0.25) is 5.02 Å². The summed E-state index contributed by atoms with van der Waals surface area (Å²) in [6, 6.07) is 3.62. The number of halogens is 1. The molecule has 1 aliphatic rings. The molecule has 3 aromatic rings. The van der Waals surface area contributed by atoms with Gasteiger partial charge in [-0.05, 0) is 12.1 Å². The van der Waals surface area contributed by atoms with Crippen molar-refractivity contribution in [3.63, 3.8) is 0 Å². The summed E-state index contributed by atoms with van der Waals surface area (Å²) in [5, 5.41) is 34.2. The first-order valence-electron chi connectivity index (χ1n) is 8.94. The normalized spacial score (nSPS) is 23.2. The maximum absolute atomic E-state index is 12.4. The van der Waals surface area contributed by atoms with Crippen LogP contribution in [0.3, 0.4) is 0 Å². The molecule has 0 unspecified atom stereocenters. The number of nitro benzene ring substituents is 1. The molecule has 0 spiro atoms. The van der Waals surface area contributed by atoms with Gasteiger partial charge in [0.1, 0.15) is 35.2 Å². The fourth-order valence-electron chi connectivity index (χ4n) is 3.27. The van der Waals surface area contributed by atoms with Crippen LogP contribution < -0.4 is 11.1 Å². The zero-order chi connectivity index (χ0) is 22.3. The summed E-state index contributed by atoms with van der Waals surface area (Å²) in [4.78, 5) is 34.7. The van der Waals surface area contributed by atoms with Gasteiger partial charge < -0.3 is 26.0 Å². The third-order valence-electron chi connectivity index (χ3n) is 4.87. The number of anilines is 1. The standard InChI is InChI=1S/C17H16ClN7O6/c18-8-2-1-7(3-9(8)25(29)30)16(28)20-4-10-12(26)13(27)17(31-10)24-6-23-11-14(19)21-5-22-15(11)24/h1-3,5-6,10,12-13,17,26-27H,4H2,(H,20,28)(H2,19,21,22)/t10-,12-,13-,17-/m1/s1. The van der Waals surface area contributed by atoms with Gasteiger partial charge >= 0.3 is 0 Å². The molecule has 14 heteroatoms. The molecular formula is C17H16ClN7O6. The molecule has 0 bridgehead atoms. The first-order chi connectivity index (χ1) is 14.8. The number of nitrogens with two attached hydrogens (primary N) is 1. The highest BCUT2D eigenvalue weighted by Gasteiger charge is 2.44. The maximum atomic E-state index is 12.4. The van der Waals surface area contributed by atoms with Crippen LogP contribution in [-0.4, -0.2) is 65.4 Å². The Kier molecular flexibility index (Phi) is 5.41. The van der Waals surface area contributed by atoms with Gasteiger partial charge in [0.2, 0.25) is 0 Å². The van der Waals surface area contributed by atoms with Crippen molar-refractivity contribution in [3.8, 4) is 0 Å². The molecule has 5 N–H and O–H groups in total. The van der Waals surface area contributed by atoms with Crippen molar-refractivity contribution in [2.75, 3.05) is 12.3 Å². The van der Waals surface area contributed by atoms with E-state index in [1.807, 2.05) is 0 Å². The van der Waals surface area contributed by atoms with Gasteiger partial charge in [-0.1, -0.05) is 11.6 Å². The fourth-order valence-corrected chi connectivity index (χ4v) is 3.46. The Labute approximate surface area is 178 Å². The van der Waals surface area contributed by atoms with Crippen LogP contribution in [0.25, 0.3) is 11.2 Å². The lowest BCUT2D eigenvalue weighted by atomic mass is 10.1. The summed E-state index contributed by atoms with van der Waals surface area (Å²) >= 11 is 5.75. The predicted octanol–water partition coefficient (Wildman–Crippen LogP) is 0.0193. The number of amides is 1. The number of nitrogen functional groups attached to an aromatic ring is 1. The zero-order valence-corrected chi connectivity index (χ0v) is 16.4. The second-order valence-electron chi connectivity index (χ2n) is 6.76. The number of benzene rings is 1. The van der Waals surface area contributed by atoms with Crippen molar-refractivity contribution in [2.45, 2.75) is 24.5 Å². The summed E-state index contributed by atoms with van der Waals surface area (Å²) in [6.45, 7) is -0.173. The van der Waals surface area contributed by atoms with Crippen molar-refractivity contribution in [1.29, 1.82) is 0 Å². The summed E-state index contributed by atoms with van der Waals surface area (Å²) in [7, 11) is 0. The molecule has 4 rings (SSSR count). The molecule has 1 fully saturated rings. The molecule has 2 aromatic heterocycles. The third kappa shape index (κ3) is 3.74. The number of fused-ring (bicyclic) bond motifs is 1. The van der Waals surface area contributed by atoms with Gasteiger partial charge in [0.05, 0.1) is 11.3 Å². The number of hydrogen-bond acceptors (Lipinski definition) is 10. The van der Waals surface area contributed by atoms with E-state index in [0.717, 1.165) is 6.07 Å². The first kappa shape index (κ1) is 20.9. The second-order valence-corrected chi connectivity index (χ2v) is 7.17. The molecule has 4 atom stereocenters. The van der Waals surface area contributed by atoms with Crippen molar-refractivity contribution < 1.29 is 24.7 Å². The van der Waals surface area contributed by atoms with Crippen LogP contribution in [0.4, 0.5) is 11.5 Å². The average Bonchev–Trinajstić information content (AvgIpc) is 3.29. The summed E-state index contributed by atoms with van der Waals surface area (Å²) in [5.41, 5.74) is 5.98. The number of aliphatic hydroxyl groups excluding tert-OH is 2. The van der Waals surface area contributed by atoms with E-state index in [2.05, 4.69) is 20.3 Å². The Bertz CT molecular complexity index is 1170. The Morgan fingerprint density at radius 2 is 2.10 bits per heavy atom. The molecule has 13 nitrogen and oxygen atoms in total. The maximum Gasteiger partial charge on any atom is 0.288 e. The largest absolute Gasteiger partial charge is 0.387 e. The van der Waals surface area contributed by atoms with E-state index in [1.165, 1.54) is 29.4 Å². The van der Waals surface area contributed by atoms with Crippen LogP contribution >= 0.6 is 11.6 Å². The first-order valence-corrected chi connectivity index (χ1v) is 9.32. The topological polar surface area (TPSA) is 192 Å². The smallest absolute Gasteiger partial charge is 0.288 e. The molecule has 0 aliphatic carbocycles. The number of carbonyl (C=O) groups excluding carboxylic acids is 1. The SMILES string of the molecule is Nc1ncnc2c1ncn2[C@@H]1O[C@H](CNC(=O)c2ccc(Cl)c([N+](=O)[O-])c2)[C@@H](O)[C@H]1O. The fraction of sp³-hybridized carbons (Fsp3) is 0.294. The van der Waals surface area contributed by atoms with E-state index in [-0.39, 0.29) is 22.9 Å². The lowest BCUT2D eigenvalue weighted by Gasteiger charge is -2.16. The minimum Gasteiger partial charge on any atom is -0.387 e. The Morgan fingerprint density at radius 1 is 1.32 bits per heavy atom. The molecule has 1 aromatic carbocycles. The number of nitrogens with zero attached hydrogens (tertiary/aromatic N) is 5. The highest BCUT2D eigenvalue weighted by molar-refractivity contribution is 6.32. The third-order valence-corrected chi connectivity index (χ3v) is 5.19. The van der Waals surface area contributed by atoms with E-state index in [4.69, 9.17) is 22.1 Å². The highest BCUT2D eigenvalue weighted by atomic mass is 35.5. The predicted molar refractivity (Wildman–Crippen MR) is 106 cm³/mol. The van der Waals surface area contributed by atoms with Crippen LogP contribution in [0.1, 0.15) is 16.6 Å². The average molecular weight is 450 g/mol. The second kappa shape index (κ2) is 8.03. The number of aliphatic hydroxyl groups is 2. The van der Waals surface area contributed by atoms with Gasteiger partial charge in [0.25, 0.3) is 11.6 Å². The molecular weight excluding hydrogens is 434 g/mol. The number of nitro groups is 1. The minimum atomic E-state index is -1.34. The van der Waals surface area contributed by atoms with Crippen molar-refractivity contribution in [2.24, 2.45) is 0 Å². The molecule has 3 heterocycles. The summed E-state index contributed by atoms with van der Waals surface area (Å²) < 4.78 is 7.13. The number of nitrogens with one attached hydrogen (secondary N) is 1. The number of imidazole rings is 1. The number of aromatic nitrogens is 4. The van der Waals surface area contributed by atoms with Crippen LogP contribution in [0.15, 0.2) is 30.9 Å². The van der Waals surface area contributed by atoms with Gasteiger partial charge in [-0.3, -0.25) is 19.5 Å². The van der Waals surface area contributed by atoms with E-state index in [1.54, 1.807) is 0 Å².